The zero-order valence-corrected chi connectivity index (χ0v) is 20.5. The summed E-state index contributed by atoms with van der Waals surface area (Å²) in [5, 5.41) is 10.8. The number of aromatic nitrogens is 4. The molecule has 0 amide bonds. The second kappa shape index (κ2) is 8.56. The molecule has 0 radical (unpaired) electrons. The van der Waals surface area contributed by atoms with Crippen LogP contribution < -0.4 is 10.9 Å². The monoisotopic (exact) mass is 450 g/mol. The standard InChI is InChI=1S/C11H18BClN2O2.C9H15BN2O2/c1-10(2)11(3,4)17-12(16-10)9-7-14-15(8-9)6-5-13;1-8(2)9(3,4)14-10(13-8)7-5-11-12-6-7/h7-8H,5-6H2,1-4H3;5-6H,1-4H3,(H,11,12). The molecule has 2 aromatic heterocycles. The number of hydrogen-bond donors (Lipinski definition) is 1. The zero-order chi connectivity index (χ0) is 23.1. The third-order valence-corrected chi connectivity index (χ3v) is 6.71. The highest BCUT2D eigenvalue weighted by molar-refractivity contribution is 6.62. The van der Waals surface area contributed by atoms with E-state index in [0.29, 0.717) is 12.4 Å². The molecule has 0 unspecified atom stereocenters. The van der Waals surface area contributed by atoms with Crippen LogP contribution in [0.5, 0.6) is 0 Å². The van der Waals surface area contributed by atoms with Crippen molar-refractivity contribution in [3.63, 3.8) is 0 Å². The molecule has 0 saturated carbocycles. The second-order valence-corrected chi connectivity index (χ2v) is 10.3. The first kappa shape index (κ1) is 24.3. The molecule has 0 atom stereocenters. The fourth-order valence-corrected chi connectivity index (χ4v) is 3.23. The summed E-state index contributed by atoms with van der Waals surface area (Å²) in [4.78, 5) is 0. The minimum atomic E-state index is -0.343. The second-order valence-electron chi connectivity index (χ2n) is 9.93. The molecule has 0 aromatic carbocycles. The Hall–Kier alpha value is -1.32. The Morgan fingerprint density at radius 2 is 1.32 bits per heavy atom. The van der Waals surface area contributed by atoms with Gasteiger partial charge in [-0.3, -0.25) is 9.78 Å². The van der Waals surface area contributed by atoms with Gasteiger partial charge in [-0.15, -0.1) is 11.6 Å². The minimum Gasteiger partial charge on any atom is -0.399 e. The summed E-state index contributed by atoms with van der Waals surface area (Å²) in [7, 11) is -0.650. The number of nitrogens with one attached hydrogen (secondary N) is 1. The third kappa shape index (κ3) is 5.03. The van der Waals surface area contributed by atoms with Crippen LogP contribution in [-0.2, 0) is 25.2 Å². The first-order chi connectivity index (χ1) is 14.3. The molecule has 4 rings (SSSR count). The molecule has 2 saturated heterocycles. The molecule has 31 heavy (non-hydrogen) atoms. The van der Waals surface area contributed by atoms with Crippen molar-refractivity contribution in [1.29, 1.82) is 0 Å². The van der Waals surface area contributed by atoms with Gasteiger partial charge in [0.1, 0.15) is 0 Å². The van der Waals surface area contributed by atoms with Gasteiger partial charge in [-0.1, -0.05) is 0 Å². The van der Waals surface area contributed by atoms with Crippen molar-refractivity contribution in [2.24, 2.45) is 0 Å². The number of alkyl halides is 1. The highest BCUT2D eigenvalue weighted by Gasteiger charge is 2.53. The Kier molecular flexibility index (Phi) is 6.71. The van der Waals surface area contributed by atoms with E-state index in [1.165, 1.54) is 0 Å². The Bertz CT molecular complexity index is 838. The normalized spacial score (nSPS) is 23.0. The first-order valence-electron chi connectivity index (χ1n) is 10.6. The highest BCUT2D eigenvalue weighted by atomic mass is 35.5. The Labute approximate surface area is 190 Å². The molecule has 0 aliphatic carbocycles. The summed E-state index contributed by atoms with van der Waals surface area (Å²) in [5.74, 6) is 0.546. The predicted octanol–water partition coefficient (Wildman–Crippen LogP) is 2.13. The van der Waals surface area contributed by atoms with Gasteiger partial charge in [0, 0.05) is 41.6 Å². The lowest BCUT2D eigenvalue weighted by molar-refractivity contribution is 0.00578. The van der Waals surface area contributed by atoms with Crippen LogP contribution >= 0.6 is 11.6 Å². The van der Waals surface area contributed by atoms with Gasteiger partial charge in [0.2, 0.25) is 0 Å². The van der Waals surface area contributed by atoms with Crippen molar-refractivity contribution in [2.45, 2.75) is 84.3 Å². The van der Waals surface area contributed by atoms with Gasteiger partial charge < -0.3 is 18.6 Å². The van der Waals surface area contributed by atoms with Crippen LogP contribution in [0.3, 0.4) is 0 Å². The van der Waals surface area contributed by atoms with E-state index in [4.69, 9.17) is 30.2 Å². The van der Waals surface area contributed by atoms with Crippen LogP contribution in [0.2, 0.25) is 0 Å². The maximum atomic E-state index is 5.93. The van der Waals surface area contributed by atoms with E-state index in [2.05, 4.69) is 15.3 Å². The van der Waals surface area contributed by atoms with E-state index >= 15 is 0 Å². The molecule has 2 aliphatic heterocycles. The van der Waals surface area contributed by atoms with E-state index in [0.717, 1.165) is 10.9 Å². The number of aryl methyl sites for hydroxylation is 1. The van der Waals surface area contributed by atoms with Gasteiger partial charge in [0.25, 0.3) is 0 Å². The number of nitrogens with zero attached hydrogens (tertiary/aromatic N) is 3. The van der Waals surface area contributed by atoms with Crippen LogP contribution in [0.15, 0.2) is 24.8 Å². The van der Waals surface area contributed by atoms with Crippen molar-refractivity contribution >= 4 is 36.8 Å². The van der Waals surface area contributed by atoms with E-state index in [1.54, 1.807) is 23.3 Å². The van der Waals surface area contributed by atoms with Gasteiger partial charge in [-0.2, -0.15) is 10.2 Å². The van der Waals surface area contributed by atoms with E-state index < -0.39 is 0 Å². The quantitative estimate of drug-likeness (QED) is 0.568. The van der Waals surface area contributed by atoms with Crippen molar-refractivity contribution in [3.05, 3.63) is 24.8 Å². The molecule has 2 aliphatic rings. The summed E-state index contributed by atoms with van der Waals surface area (Å²) < 4.78 is 25.3. The van der Waals surface area contributed by atoms with Gasteiger partial charge >= 0.3 is 14.2 Å². The van der Waals surface area contributed by atoms with Crippen LogP contribution in [-0.4, -0.2) is 62.5 Å². The van der Waals surface area contributed by atoms with Crippen LogP contribution in [0.25, 0.3) is 0 Å². The van der Waals surface area contributed by atoms with E-state index in [-0.39, 0.29) is 36.6 Å². The Morgan fingerprint density at radius 3 is 1.74 bits per heavy atom. The first-order valence-corrected chi connectivity index (χ1v) is 11.1. The lowest BCUT2D eigenvalue weighted by atomic mass is 9.82. The molecule has 2 aromatic rings. The highest BCUT2D eigenvalue weighted by Crippen LogP contribution is 2.37. The molecule has 0 spiro atoms. The largest absolute Gasteiger partial charge is 0.498 e. The lowest BCUT2D eigenvalue weighted by Gasteiger charge is -2.32. The predicted molar refractivity (Wildman–Crippen MR) is 123 cm³/mol. The summed E-state index contributed by atoms with van der Waals surface area (Å²) in [6.07, 6.45) is 7.21. The maximum absolute atomic E-state index is 5.93. The summed E-state index contributed by atoms with van der Waals surface area (Å²) in [6.45, 7) is 17.0. The Morgan fingerprint density at radius 1 is 0.839 bits per heavy atom. The average Bonchev–Trinajstić information content (AvgIpc) is 3.38. The van der Waals surface area contributed by atoms with Gasteiger partial charge in [0.05, 0.1) is 28.9 Å². The van der Waals surface area contributed by atoms with E-state index in [9.17, 15) is 0 Å². The number of aromatic amines is 1. The molecule has 2 fully saturated rings. The molecule has 8 nitrogen and oxygen atoms in total. The van der Waals surface area contributed by atoms with Crippen LogP contribution in [0.4, 0.5) is 0 Å². The SMILES string of the molecule is CC1(C)OB(c2cn[nH]c2)OC1(C)C.CC1(C)OB(c2cnn(CCCl)c2)OC1(C)C. The van der Waals surface area contributed by atoms with Gasteiger partial charge in [-0.25, -0.2) is 0 Å². The topological polar surface area (TPSA) is 83.4 Å². The van der Waals surface area contributed by atoms with Crippen LogP contribution in [0.1, 0.15) is 55.4 Å². The fourth-order valence-electron chi connectivity index (χ4n) is 3.06. The third-order valence-electron chi connectivity index (χ3n) is 6.54. The number of H-pyrrole nitrogens is 1. The smallest absolute Gasteiger partial charge is 0.399 e. The Balaban J connectivity index is 0.000000179. The van der Waals surface area contributed by atoms with Gasteiger partial charge in [0.15, 0.2) is 0 Å². The van der Waals surface area contributed by atoms with Crippen molar-refractivity contribution in [1.82, 2.24) is 20.0 Å². The average molecular weight is 451 g/mol. The minimum absolute atomic E-state index is 0.283. The number of hydrogen-bond acceptors (Lipinski definition) is 6. The molecule has 170 valence electrons. The van der Waals surface area contributed by atoms with Crippen molar-refractivity contribution in [2.75, 3.05) is 5.88 Å². The molecule has 4 heterocycles. The summed E-state index contributed by atoms with van der Waals surface area (Å²) in [5.41, 5.74) is 0.681. The number of rotatable bonds is 4. The summed E-state index contributed by atoms with van der Waals surface area (Å²) >= 11 is 5.67. The fraction of sp³-hybridized carbons (Fsp3) is 0.700. The maximum Gasteiger partial charge on any atom is 0.498 e. The molecule has 11 heteroatoms. The summed E-state index contributed by atoms with van der Waals surface area (Å²) in [6, 6.07) is 0. The van der Waals surface area contributed by atoms with Crippen molar-refractivity contribution < 1.29 is 18.6 Å². The van der Waals surface area contributed by atoms with E-state index in [1.807, 2.05) is 61.6 Å². The van der Waals surface area contributed by atoms with Crippen LogP contribution in [0, 0.1) is 0 Å². The molecule has 1 N–H and O–H groups in total. The molecular weight excluding hydrogens is 417 g/mol. The van der Waals surface area contributed by atoms with Crippen molar-refractivity contribution in [3.8, 4) is 0 Å². The molecular formula is C20H33B2ClN4O4. The zero-order valence-electron chi connectivity index (χ0n) is 19.7. The lowest BCUT2D eigenvalue weighted by Crippen LogP contribution is -2.41. The number of halogens is 1. The molecule has 0 bridgehead atoms. The van der Waals surface area contributed by atoms with Gasteiger partial charge in [-0.05, 0) is 55.4 Å².